The van der Waals surface area contributed by atoms with E-state index in [0.29, 0.717) is 6.54 Å². The highest BCUT2D eigenvalue weighted by atomic mass is 32.2. The van der Waals surface area contributed by atoms with Gasteiger partial charge >= 0.3 is 0 Å². The number of aryl methyl sites for hydroxylation is 1. The average Bonchev–Trinajstić information content (AvgIpc) is 3.06. The number of rotatable bonds is 5. The number of hydrogen-bond donors (Lipinski definition) is 0. The molecule has 0 amide bonds. The zero-order chi connectivity index (χ0) is 18.6. The third-order valence-electron chi connectivity index (χ3n) is 4.76. The number of halogens is 1. The van der Waals surface area contributed by atoms with Crippen LogP contribution in [0.1, 0.15) is 12.5 Å². The topological polar surface area (TPSA) is 7.12 Å². The number of fused-ring (bicyclic) bond motifs is 2. The Hall–Kier alpha value is -2.59. The van der Waals surface area contributed by atoms with Gasteiger partial charge in [-0.3, -0.25) is 0 Å². The summed E-state index contributed by atoms with van der Waals surface area (Å²) in [6.07, 6.45) is 8.41. The number of para-hydroxylation sites is 2. The van der Waals surface area contributed by atoms with E-state index in [-0.39, 0.29) is 6.67 Å². The first-order valence-electron chi connectivity index (χ1n) is 9.21. The first-order chi connectivity index (χ1) is 13.3. The number of alkyl halides is 1. The highest BCUT2D eigenvalue weighted by Crippen LogP contribution is 2.45. The Balaban J connectivity index is 1.65. The molecule has 0 spiro atoms. The molecule has 2 aromatic carbocycles. The van der Waals surface area contributed by atoms with Crippen LogP contribution in [0.25, 0.3) is 17.0 Å². The Kier molecular flexibility index (Phi) is 5.26. The largest absolute Gasteiger partial charge is 0.332 e. The van der Waals surface area contributed by atoms with E-state index in [4.69, 9.17) is 0 Å². The molecule has 3 aromatic rings. The zero-order valence-corrected chi connectivity index (χ0v) is 16.1. The predicted octanol–water partition coefficient (Wildman–Crippen LogP) is 5.58. The quantitative estimate of drug-likeness (QED) is 0.536. The van der Waals surface area contributed by atoms with Crippen molar-refractivity contribution >= 4 is 34.4 Å². The van der Waals surface area contributed by atoms with Gasteiger partial charge in [0.05, 0.1) is 22.6 Å². The SMILES string of the molecule is CC[n+]1ccc(/C=C/C=C2/Sc3ccccc3N2CCF)c2ccccc21. The van der Waals surface area contributed by atoms with Crippen molar-refractivity contribution in [2.75, 3.05) is 18.1 Å². The number of aromatic nitrogens is 1. The van der Waals surface area contributed by atoms with Gasteiger partial charge in [0.1, 0.15) is 13.2 Å². The number of nitrogens with zero attached hydrogens (tertiary/aromatic N) is 2. The number of thioether (sulfide) groups is 1. The molecule has 0 aliphatic carbocycles. The highest BCUT2D eigenvalue weighted by Gasteiger charge is 2.23. The van der Waals surface area contributed by atoms with Crippen LogP contribution >= 0.6 is 11.8 Å². The Bertz CT molecular complexity index is 1030. The molecule has 0 atom stereocenters. The van der Waals surface area contributed by atoms with Crippen LogP contribution < -0.4 is 9.47 Å². The van der Waals surface area contributed by atoms with Crippen molar-refractivity contribution in [3.8, 4) is 0 Å². The van der Waals surface area contributed by atoms with Gasteiger partial charge in [0, 0.05) is 17.0 Å². The van der Waals surface area contributed by atoms with Crippen LogP contribution in [0.2, 0.25) is 0 Å². The molecule has 0 N–H and O–H groups in total. The Morgan fingerprint density at radius 2 is 1.89 bits per heavy atom. The number of pyridine rings is 1. The highest BCUT2D eigenvalue weighted by molar-refractivity contribution is 8.03. The van der Waals surface area contributed by atoms with E-state index in [0.717, 1.165) is 17.3 Å². The van der Waals surface area contributed by atoms with Crippen LogP contribution in [0.3, 0.4) is 0 Å². The fourth-order valence-electron chi connectivity index (χ4n) is 3.46. The van der Waals surface area contributed by atoms with E-state index < -0.39 is 0 Å². The molecule has 2 nitrogen and oxygen atoms in total. The molecule has 4 heteroatoms. The molecule has 0 unspecified atom stereocenters. The normalized spacial score (nSPS) is 15.2. The fraction of sp³-hybridized carbons (Fsp3) is 0.174. The van der Waals surface area contributed by atoms with Crippen LogP contribution in [0.15, 0.2) is 82.9 Å². The maximum atomic E-state index is 13.0. The van der Waals surface area contributed by atoms with Crippen molar-refractivity contribution in [3.05, 3.63) is 83.5 Å². The van der Waals surface area contributed by atoms with Crippen LogP contribution in [0.4, 0.5) is 10.1 Å². The lowest BCUT2D eigenvalue weighted by molar-refractivity contribution is -0.667. The van der Waals surface area contributed by atoms with Crippen LogP contribution in [-0.4, -0.2) is 13.2 Å². The smallest absolute Gasteiger partial charge is 0.213 e. The van der Waals surface area contributed by atoms with Crippen molar-refractivity contribution in [2.24, 2.45) is 0 Å². The van der Waals surface area contributed by atoms with E-state index in [9.17, 15) is 4.39 Å². The van der Waals surface area contributed by atoms with E-state index in [1.807, 2.05) is 12.1 Å². The van der Waals surface area contributed by atoms with Gasteiger partial charge in [-0.1, -0.05) is 48.2 Å². The van der Waals surface area contributed by atoms with Gasteiger partial charge in [0.2, 0.25) is 5.52 Å². The molecule has 1 aromatic heterocycles. The van der Waals surface area contributed by atoms with Gasteiger partial charge in [-0.2, -0.15) is 4.57 Å². The minimum atomic E-state index is -0.365. The number of hydrogen-bond acceptors (Lipinski definition) is 2. The minimum absolute atomic E-state index is 0.365. The second-order valence-electron chi connectivity index (χ2n) is 6.35. The predicted molar refractivity (Wildman–Crippen MR) is 113 cm³/mol. The summed E-state index contributed by atoms with van der Waals surface area (Å²) in [7, 11) is 0. The molecule has 2 heterocycles. The molecule has 136 valence electrons. The van der Waals surface area contributed by atoms with E-state index >= 15 is 0 Å². The summed E-state index contributed by atoms with van der Waals surface area (Å²) in [5, 5.41) is 2.30. The summed E-state index contributed by atoms with van der Waals surface area (Å²) in [4.78, 5) is 3.23. The minimum Gasteiger partial charge on any atom is -0.332 e. The number of benzene rings is 2. The fourth-order valence-corrected chi connectivity index (χ4v) is 4.56. The lowest BCUT2D eigenvalue weighted by Crippen LogP contribution is -2.32. The van der Waals surface area contributed by atoms with Crippen LogP contribution in [0.5, 0.6) is 0 Å². The molecule has 4 rings (SSSR count). The van der Waals surface area contributed by atoms with Crippen LogP contribution in [0, 0.1) is 0 Å². The van der Waals surface area contributed by atoms with Gasteiger partial charge in [-0.25, -0.2) is 4.39 Å². The second-order valence-corrected chi connectivity index (χ2v) is 7.41. The second kappa shape index (κ2) is 7.97. The molecular formula is C23H22FN2S+. The van der Waals surface area contributed by atoms with Crippen molar-refractivity contribution in [3.63, 3.8) is 0 Å². The van der Waals surface area contributed by atoms with Gasteiger partial charge in [-0.15, -0.1) is 0 Å². The molecule has 27 heavy (non-hydrogen) atoms. The standard InChI is InChI=1S/C23H22FN2S/c1-2-25-16-14-18(19-9-3-4-10-20(19)25)8-7-13-23-26(17-15-24)21-11-5-6-12-22(21)27-23/h3-14,16H,2,15,17H2,1H3/q+1. The Labute approximate surface area is 163 Å². The summed E-state index contributed by atoms with van der Waals surface area (Å²) < 4.78 is 15.3. The number of allylic oxidation sites excluding steroid dienone is 2. The Morgan fingerprint density at radius 1 is 1.07 bits per heavy atom. The van der Waals surface area contributed by atoms with E-state index in [1.165, 1.54) is 21.4 Å². The van der Waals surface area contributed by atoms with Crippen molar-refractivity contribution < 1.29 is 8.96 Å². The summed E-state index contributed by atoms with van der Waals surface area (Å²) in [5.41, 5.74) is 3.51. The van der Waals surface area contributed by atoms with Gasteiger partial charge < -0.3 is 4.90 Å². The molecular weight excluding hydrogens is 355 g/mol. The van der Waals surface area contributed by atoms with Crippen molar-refractivity contribution in [1.29, 1.82) is 0 Å². The summed E-state index contributed by atoms with van der Waals surface area (Å²) in [6.45, 7) is 3.12. The molecule has 0 bridgehead atoms. The average molecular weight is 378 g/mol. The molecule has 0 saturated heterocycles. The zero-order valence-electron chi connectivity index (χ0n) is 15.3. The molecule has 0 fully saturated rings. The maximum absolute atomic E-state index is 13.0. The van der Waals surface area contributed by atoms with E-state index in [2.05, 4.69) is 83.3 Å². The van der Waals surface area contributed by atoms with Gasteiger partial charge in [-0.05, 0) is 36.8 Å². The first kappa shape index (κ1) is 17.8. The summed E-state index contributed by atoms with van der Waals surface area (Å²) >= 11 is 1.69. The maximum Gasteiger partial charge on any atom is 0.213 e. The molecule has 0 saturated carbocycles. The molecule has 1 aliphatic rings. The molecule has 1 aliphatic heterocycles. The number of anilines is 1. The lowest BCUT2D eigenvalue weighted by Gasteiger charge is -2.18. The molecule has 0 radical (unpaired) electrons. The monoisotopic (exact) mass is 377 g/mol. The third-order valence-corrected chi connectivity index (χ3v) is 5.89. The Morgan fingerprint density at radius 3 is 2.74 bits per heavy atom. The van der Waals surface area contributed by atoms with Gasteiger partial charge in [0.15, 0.2) is 6.20 Å². The van der Waals surface area contributed by atoms with Crippen molar-refractivity contribution in [2.45, 2.75) is 18.4 Å². The summed E-state index contributed by atoms with van der Waals surface area (Å²) in [6, 6.07) is 18.8. The van der Waals surface area contributed by atoms with Crippen molar-refractivity contribution in [1.82, 2.24) is 0 Å². The van der Waals surface area contributed by atoms with Crippen LogP contribution in [-0.2, 0) is 6.54 Å². The van der Waals surface area contributed by atoms with E-state index in [1.54, 1.807) is 11.8 Å². The van der Waals surface area contributed by atoms with Gasteiger partial charge in [0.25, 0.3) is 0 Å². The summed E-state index contributed by atoms with van der Waals surface area (Å²) in [5.74, 6) is 0. The lowest BCUT2D eigenvalue weighted by atomic mass is 10.1. The first-order valence-corrected chi connectivity index (χ1v) is 10.0. The third kappa shape index (κ3) is 3.50.